The largest absolute Gasteiger partial charge is 0.391 e. The number of aliphatic hydroxyl groups excluding tert-OH is 1. The van der Waals surface area contributed by atoms with Gasteiger partial charge in [0.25, 0.3) is 0 Å². The van der Waals surface area contributed by atoms with E-state index in [1.807, 2.05) is 0 Å². The molecule has 2 heteroatoms. The van der Waals surface area contributed by atoms with Crippen LogP contribution in [0.15, 0.2) is 0 Å². The van der Waals surface area contributed by atoms with Crippen LogP contribution in [-0.4, -0.2) is 34.7 Å². The average molecular weight is 269 g/mol. The van der Waals surface area contributed by atoms with E-state index < -0.39 is 0 Å². The Kier molecular flexibility index (Phi) is 8.01. The minimum atomic E-state index is -0.170. The summed E-state index contributed by atoms with van der Waals surface area (Å²) in [5.41, 5.74) is -0.0379. The number of nitrogens with zero attached hydrogens (tertiary/aromatic N) is 1. The summed E-state index contributed by atoms with van der Waals surface area (Å²) in [4.78, 5) is 2.50. The molecule has 0 aromatic rings. The molecule has 1 fully saturated rings. The normalized spacial score (nSPS) is 19.6. The molecule has 1 aliphatic rings. The Morgan fingerprint density at radius 2 is 1.53 bits per heavy atom. The van der Waals surface area contributed by atoms with Crippen molar-refractivity contribution >= 4 is 0 Å². The van der Waals surface area contributed by atoms with Gasteiger partial charge in [-0.1, -0.05) is 51.9 Å². The van der Waals surface area contributed by atoms with E-state index in [9.17, 15) is 5.11 Å². The Morgan fingerprint density at radius 1 is 0.947 bits per heavy atom. The Bertz CT molecular complexity index is 221. The smallest absolute Gasteiger partial charge is 0.0718 e. The summed E-state index contributed by atoms with van der Waals surface area (Å²) in [5.74, 6) is 0. The molecule has 1 N–H and O–H groups in total. The van der Waals surface area contributed by atoms with Gasteiger partial charge >= 0.3 is 0 Å². The van der Waals surface area contributed by atoms with Crippen LogP contribution in [0, 0.1) is 0 Å². The third kappa shape index (κ3) is 5.83. The molecule has 0 aromatic carbocycles. The first-order valence-electron chi connectivity index (χ1n) is 8.52. The third-order valence-electron chi connectivity index (χ3n) is 4.82. The zero-order valence-electron chi connectivity index (χ0n) is 13.5. The molecular formula is C17H35NO. The third-order valence-corrected chi connectivity index (χ3v) is 4.82. The zero-order valence-corrected chi connectivity index (χ0v) is 13.5. The van der Waals surface area contributed by atoms with Gasteiger partial charge in [-0.2, -0.15) is 0 Å². The van der Waals surface area contributed by atoms with Crippen molar-refractivity contribution in [3.63, 3.8) is 0 Å². The average Bonchev–Trinajstić information content (AvgIpc) is 2.43. The highest BCUT2D eigenvalue weighted by Crippen LogP contribution is 2.26. The molecule has 0 aliphatic carbocycles. The van der Waals surface area contributed by atoms with Gasteiger partial charge in [-0.3, -0.25) is 4.90 Å². The molecule has 0 aromatic heterocycles. The molecular weight excluding hydrogens is 234 g/mol. The van der Waals surface area contributed by atoms with Crippen LogP contribution in [0.2, 0.25) is 0 Å². The lowest BCUT2D eigenvalue weighted by Crippen LogP contribution is -2.54. The van der Waals surface area contributed by atoms with Gasteiger partial charge in [-0.25, -0.2) is 0 Å². The van der Waals surface area contributed by atoms with Crippen LogP contribution >= 0.6 is 0 Å². The fourth-order valence-electron chi connectivity index (χ4n) is 3.15. The Balaban J connectivity index is 2.20. The number of unbranched alkanes of at least 4 members (excludes halogenated alkanes) is 5. The molecule has 1 unspecified atom stereocenters. The van der Waals surface area contributed by atoms with Crippen LogP contribution in [0.25, 0.3) is 0 Å². The monoisotopic (exact) mass is 269 g/mol. The summed E-state index contributed by atoms with van der Waals surface area (Å²) in [6.45, 7) is 9.03. The SMILES string of the molecule is CCCCCCCCC(O)C(C)(C)N1CCCCC1. The highest BCUT2D eigenvalue weighted by molar-refractivity contribution is 4.90. The molecule has 0 bridgehead atoms. The van der Waals surface area contributed by atoms with Gasteiger partial charge in [0.15, 0.2) is 0 Å². The van der Waals surface area contributed by atoms with Crippen molar-refractivity contribution in [2.75, 3.05) is 13.1 Å². The standard InChI is InChI=1S/C17H35NO/c1-4-5-6-7-8-10-13-16(19)17(2,3)18-14-11-9-12-15-18/h16,19H,4-15H2,1-3H3. The summed E-state index contributed by atoms with van der Waals surface area (Å²) in [7, 11) is 0. The van der Waals surface area contributed by atoms with Crippen molar-refractivity contribution in [1.82, 2.24) is 4.90 Å². The maximum absolute atomic E-state index is 10.5. The summed E-state index contributed by atoms with van der Waals surface area (Å²) in [6.07, 6.45) is 12.6. The molecule has 1 aliphatic heterocycles. The Labute approximate surface area is 120 Å². The molecule has 114 valence electrons. The highest BCUT2D eigenvalue weighted by Gasteiger charge is 2.34. The number of rotatable bonds is 9. The molecule has 1 atom stereocenters. The molecule has 0 amide bonds. The van der Waals surface area contributed by atoms with E-state index in [0.717, 1.165) is 6.42 Å². The Hall–Kier alpha value is -0.0800. The number of aliphatic hydroxyl groups is 1. The summed E-state index contributed by atoms with van der Waals surface area (Å²) < 4.78 is 0. The lowest BCUT2D eigenvalue weighted by atomic mass is 9.89. The van der Waals surface area contributed by atoms with Gasteiger partial charge in [0.2, 0.25) is 0 Å². The van der Waals surface area contributed by atoms with Crippen molar-refractivity contribution in [1.29, 1.82) is 0 Å². The molecule has 0 radical (unpaired) electrons. The van der Waals surface area contributed by atoms with E-state index in [0.29, 0.717) is 0 Å². The van der Waals surface area contributed by atoms with Crippen LogP contribution in [0.3, 0.4) is 0 Å². The quantitative estimate of drug-likeness (QED) is 0.629. The van der Waals surface area contributed by atoms with Crippen LogP contribution in [0.5, 0.6) is 0 Å². The molecule has 0 saturated carbocycles. The maximum Gasteiger partial charge on any atom is 0.0718 e. The van der Waals surface area contributed by atoms with E-state index in [1.54, 1.807) is 0 Å². The number of hydrogen-bond donors (Lipinski definition) is 1. The lowest BCUT2D eigenvalue weighted by molar-refractivity contribution is -0.0241. The van der Waals surface area contributed by atoms with Gasteiger partial charge < -0.3 is 5.11 Å². The zero-order chi connectivity index (χ0) is 14.1. The van der Waals surface area contributed by atoms with E-state index >= 15 is 0 Å². The van der Waals surface area contributed by atoms with Crippen molar-refractivity contribution < 1.29 is 5.11 Å². The van der Waals surface area contributed by atoms with Gasteiger partial charge in [0, 0.05) is 5.54 Å². The predicted octanol–water partition coefficient (Wildman–Crippen LogP) is 4.36. The second-order valence-corrected chi connectivity index (χ2v) is 6.77. The summed E-state index contributed by atoms with van der Waals surface area (Å²) in [5, 5.41) is 10.5. The number of likely N-dealkylation sites (tertiary alicyclic amines) is 1. The molecule has 1 saturated heterocycles. The van der Waals surface area contributed by atoms with Crippen molar-refractivity contribution in [3.8, 4) is 0 Å². The van der Waals surface area contributed by atoms with E-state index in [4.69, 9.17) is 0 Å². The fourth-order valence-corrected chi connectivity index (χ4v) is 3.15. The van der Waals surface area contributed by atoms with E-state index in [2.05, 4.69) is 25.7 Å². The predicted molar refractivity (Wildman–Crippen MR) is 83.5 cm³/mol. The molecule has 0 spiro atoms. The number of piperidine rings is 1. The first-order valence-corrected chi connectivity index (χ1v) is 8.52. The van der Waals surface area contributed by atoms with Crippen LogP contribution in [-0.2, 0) is 0 Å². The highest BCUT2D eigenvalue weighted by atomic mass is 16.3. The van der Waals surface area contributed by atoms with Crippen LogP contribution < -0.4 is 0 Å². The van der Waals surface area contributed by atoms with Crippen LogP contribution in [0.4, 0.5) is 0 Å². The minimum absolute atomic E-state index is 0.0379. The first-order chi connectivity index (χ1) is 9.09. The molecule has 19 heavy (non-hydrogen) atoms. The first kappa shape index (κ1) is 17.0. The fraction of sp³-hybridized carbons (Fsp3) is 1.00. The van der Waals surface area contributed by atoms with E-state index in [1.165, 1.54) is 70.9 Å². The van der Waals surface area contributed by atoms with Crippen LogP contribution in [0.1, 0.15) is 85.0 Å². The van der Waals surface area contributed by atoms with E-state index in [-0.39, 0.29) is 11.6 Å². The lowest BCUT2D eigenvalue weighted by Gasteiger charge is -2.44. The second kappa shape index (κ2) is 8.97. The van der Waals surface area contributed by atoms with Gasteiger partial charge in [0.05, 0.1) is 6.10 Å². The summed E-state index contributed by atoms with van der Waals surface area (Å²) >= 11 is 0. The van der Waals surface area contributed by atoms with Gasteiger partial charge in [-0.05, 0) is 46.2 Å². The molecule has 1 rings (SSSR count). The minimum Gasteiger partial charge on any atom is -0.391 e. The molecule has 2 nitrogen and oxygen atoms in total. The topological polar surface area (TPSA) is 23.5 Å². The Morgan fingerprint density at radius 3 is 2.16 bits per heavy atom. The second-order valence-electron chi connectivity index (χ2n) is 6.77. The van der Waals surface area contributed by atoms with Crippen molar-refractivity contribution in [2.45, 2.75) is 96.6 Å². The molecule has 1 heterocycles. The van der Waals surface area contributed by atoms with Gasteiger partial charge in [-0.15, -0.1) is 0 Å². The summed E-state index contributed by atoms with van der Waals surface area (Å²) in [6, 6.07) is 0. The van der Waals surface area contributed by atoms with Crippen molar-refractivity contribution in [2.24, 2.45) is 0 Å². The number of hydrogen-bond acceptors (Lipinski definition) is 2. The maximum atomic E-state index is 10.5. The van der Waals surface area contributed by atoms with Gasteiger partial charge in [0.1, 0.15) is 0 Å². The van der Waals surface area contributed by atoms with Crippen molar-refractivity contribution in [3.05, 3.63) is 0 Å².